The van der Waals surface area contributed by atoms with Gasteiger partial charge in [-0.3, -0.25) is 0 Å². The normalized spacial score (nSPS) is 18.5. The molecule has 1 aliphatic rings. The molecule has 0 unspecified atom stereocenters. The van der Waals surface area contributed by atoms with E-state index in [1.165, 1.54) is 0 Å². The molecule has 0 radical (unpaired) electrons. The van der Waals surface area contributed by atoms with Crippen LogP contribution in [-0.4, -0.2) is 25.8 Å². The average Bonchev–Trinajstić information content (AvgIpc) is 1.93. The number of ether oxygens (including phenoxy) is 1. The highest BCUT2D eigenvalue weighted by atomic mass is 16.5. The van der Waals surface area contributed by atoms with E-state index < -0.39 is 0 Å². The summed E-state index contributed by atoms with van der Waals surface area (Å²) in [6.07, 6.45) is 7.25. The smallest absolute Gasteiger partial charge is 0.0823 e. The van der Waals surface area contributed by atoms with Crippen LogP contribution in [0.25, 0.3) is 0 Å². The van der Waals surface area contributed by atoms with Crippen LogP contribution in [-0.2, 0) is 4.74 Å². The van der Waals surface area contributed by atoms with Gasteiger partial charge in [0.15, 0.2) is 0 Å². The molecule has 62 valence electrons. The number of allylic oxidation sites excluding steroid dienone is 2. The lowest BCUT2D eigenvalue weighted by Crippen LogP contribution is -2.48. The molecule has 1 rings (SSSR count). The minimum Gasteiger partial charge on any atom is -0.375 e. The van der Waals surface area contributed by atoms with Gasteiger partial charge in [-0.15, -0.1) is 0 Å². The molecule has 2 nitrogen and oxygen atoms in total. The van der Waals surface area contributed by atoms with Crippen molar-refractivity contribution in [3.8, 4) is 0 Å². The van der Waals surface area contributed by atoms with Crippen molar-refractivity contribution in [1.29, 1.82) is 0 Å². The van der Waals surface area contributed by atoms with Gasteiger partial charge in [-0.2, -0.15) is 0 Å². The van der Waals surface area contributed by atoms with E-state index in [-0.39, 0.29) is 0 Å². The Balaban J connectivity index is 1.87. The van der Waals surface area contributed by atoms with Crippen molar-refractivity contribution in [2.75, 3.05) is 19.7 Å². The minimum atomic E-state index is 0.465. The van der Waals surface area contributed by atoms with Gasteiger partial charge in [-0.1, -0.05) is 24.8 Å². The number of hydrogen-bond donors (Lipinski definition) is 1. The molecule has 1 N–H and O–H groups in total. The Labute approximate surface area is 67.9 Å². The Morgan fingerprint density at radius 1 is 1.55 bits per heavy atom. The third kappa shape index (κ3) is 3.35. The van der Waals surface area contributed by atoms with E-state index in [1.54, 1.807) is 6.08 Å². The van der Waals surface area contributed by atoms with Gasteiger partial charge in [-0.05, 0) is 6.42 Å². The van der Waals surface area contributed by atoms with Crippen LogP contribution in [0.3, 0.4) is 0 Å². The zero-order valence-corrected chi connectivity index (χ0v) is 6.75. The molecule has 0 aliphatic carbocycles. The molecule has 2 heteroatoms. The molecule has 0 aromatic rings. The molecule has 1 saturated heterocycles. The van der Waals surface area contributed by atoms with E-state index in [4.69, 9.17) is 4.74 Å². The Morgan fingerprint density at radius 2 is 2.36 bits per heavy atom. The fourth-order valence-electron chi connectivity index (χ4n) is 0.875. The average molecular weight is 153 g/mol. The molecule has 1 fully saturated rings. The molecular formula is C9H15NO. The number of rotatable bonds is 5. The largest absolute Gasteiger partial charge is 0.375 e. The molecule has 0 aromatic heterocycles. The highest BCUT2D eigenvalue weighted by Gasteiger charge is 2.15. The zero-order valence-electron chi connectivity index (χ0n) is 6.75. The highest BCUT2D eigenvalue weighted by Crippen LogP contribution is 1.98. The monoisotopic (exact) mass is 153 g/mol. The molecular weight excluding hydrogens is 138 g/mol. The SMILES string of the molecule is C=C/C=C/CCOC1CNC1. The molecule has 0 saturated carbocycles. The first-order valence-electron chi connectivity index (χ1n) is 4.03. The summed E-state index contributed by atoms with van der Waals surface area (Å²) in [4.78, 5) is 0. The van der Waals surface area contributed by atoms with Gasteiger partial charge in [0.25, 0.3) is 0 Å². The van der Waals surface area contributed by atoms with Gasteiger partial charge in [0, 0.05) is 13.1 Å². The second-order valence-corrected chi connectivity index (χ2v) is 2.60. The minimum absolute atomic E-state index is 0.465. The van der Waals surface area contributed by atoms with E-state index >= 15 is 0 Å². The van der Waals surface area contributed by atoms with Crippen molar-refractivity contribution in [2.45, 2.75) is 12.5 Å². The van der Waals surface area contributed by atoms with Crippen LogP contribution in [0.4, 0.5) is 0 Å². The van der Waals surface area contributed by atoms with Crippen LogP contribution >= 0.6 is 0 Å². The van der Waals surface area contributed by atoms with Crippen molar-refractivity contribution in [3.05, 3.63) is 24.8 Å². The molecule has 0 bridgehead atoms. The van der Waals surface area contributed by atoms with E-state index in [9.17, 15) is 0 Å². The summed E-state index contributed by atoms with van der Waals surface area (Å²) >= 11 is 0. The lowest BCUT2D eigenvalue weighted by Gasteiger charge is -2.26. The Bertz CT molecular complexity index is 138. The molecule has 1 heterocycles. The van der Waals surface area contributed by atoms with Crippen LogP contribution in [0, 0.1) is 0 Å². The van der Waals surface area contributed by atoms with Crippen molar-refractivity contribution in [2.24, 2.45) is 0 Å². The maximum atomic E-state index is 5.48. The van der Waals surface area contributed by atoms with Crippen LogP contribution in [0.1, 0.15) is 6.42 Å². The van der Waals surface area contributed by atoms with Crippen molar-refractivity contribution in [3.63, 3.8) is 0 Å². The van der Waals surface area contributed by atoms with Gasteiger partial charge in [0.05, 0.1) is 12.7 Å². The van der Waals surface area contributed by atoms with Crippen molar-refractivity contribution < 1.29 is 4.74 Å². The topological polar surface area (TPSA) is 21.3 Å². The first kappa shape index (κ1) is 8.50. The zero-order chi connectivity index (χ0) is 7.94. The van der Waals surface area contributed by atoms with Gasteiger partial charge in [0.1, 0.15) is 0 Å². The second kappa shape index (κ2) is 5.10. The van der Waals surface area contributed by atoms with E-state index in [0.29, 0.717) is 6.10 Å². The third-order valence-corrected chi connectivity index (χ3v) is 1.65. The lowest BCUT2D eigenvalue weighted by molar-refractivity contribution is 0.0216. The van der Waals surface area contributed by atoms with E-state index in [2.05, 4.69) is 18.0 Å². The van der Waals surface area contributed by atoms with Crippen LogP contribution in [0.5, 0.6) is 0 Å². The molecule has 1 aliphatic heterocycles. The molecule has 0 amide bonds. The molecule has 0 atom stereocenters. The van der Waals surface area contributed by atoms with Gasteiger partial charge in [0.2, 0.25) is 0 Å². The number of nitrogens with one attached hydrogen (secondary N) is 1. The summed E-state index contributed by atoms with van der Waals surface area (Å²) in [6.45, 7) is 6.45. The quantitative estimate of drug-likeness (QED) is 0.472. The summed E-state index contributed by atoms with van der Waals surface area (Å²) in [5.41, 5.74) is 0. The predicted octanol–water partition coefficient (Wildman–Crippen LogP) is 1.11. The third-order valence-electron chi connectivity index (χ3n) is 1.65. The molecule has 0 spiro atoms. The summed E-state index contributed by atoms with van der Waals surface area (Å²) in [5.74, 6) is 0. The fraction of sp³-hybridized carbons (Fsp3) is 0.556. The van der Waals surface area contributed by atoms with E-state index in [0.717, 1.165) is 26.1 Å². The lowest BCUT2D eigenvalue weighted by atomic mass is 10.2. The fourth-order valence-corrected chi connectivity index (χ4v) is 0.875. The van der Waals surface area contributed by atoms with Gasteiger partial charge >= 0.3 is 0 Å². The summed E-state index contributed by atoms with van der Waals surface area (Å²) in [5, 5.41) is 3.15. The number of hydrogen-bond acceptors (Lipinski definition) is 2. The molecule has 11 heavy (non-hydrogen) atoms. The molecule has 0 aromatic carbocycles. The van der Waals surface area contributed by atoms with Crippen molar-refractivity contribution in [1.82, 2.24) is 5.32 Å². The van der Waals surface area contributed by atoms with Gasteiger partial charge < -0.3 is 10.1 Å². The van der Waals surface area contributed by atoms with Crippen LogP contribution < -0.4 is 5.32 Å². The summed E-state index contributed by atoms with van der Waals surface area (Å²) in [6, 6.07) is 0. The van der Waals surface area contributed by atoms with Crippen LogP contribution in [0.15, 0.2) is 24.8 Å². The Morgan fingerprint density at radius 3 is 2.91 bits per heavy atom. The first-order chi connectivity index (χ1) is 5.43. The van der Waals surface area contributed by atoms with Crippen molar-refractivity contribution >= 4 is 0 Å². The van der Waals surface area contributed by atoms with Crippen LogP contribution in [0.2, 0.25) is 0 Å². The van der Waals surface area contributed by atoms with E-state index in [1.807, 2.05) is 6.08 Å². The Kier molecular flexibility index (Phi) is 3.94. The Hall–Kier alpha value is -0.600. The standard InChI is InChI=1S/C9H15NO/c1-2-3-4-5-6-11-9-7-10-8-9/h2-4,9-10H,1,5-8H2/b4-3+. The van der Waals surface area contributed by atoms with Gasteiger partial charge in [-0.25, -0.2) is 0 Å². The summed E-state index contributed by atoms with van der Waals surface area (Å²) < 4.78 is 5.48. The summed E-state index contributed by atoms with van der Waals surface area (Å²) in [7, 11) is 0. The maximum absolute atomic E-state index is 5.48. The first-order valence-corrected chi connectivity index (χ1v) is 4.03. The maximum Gasteiger partial charge on any atom is 0.0823 e. The highest BCUT2D eigenvalue weighted by molar-refractivity contribution is 4.96. The second-order valence-electron chi connectivity index (χ2n) is 2.60. The predicted molar refractivity (Wildman–Crippen MR) is 46.6 cm³/mol.